The lowest BCUT2D eigenvalue weighted by Gasteiger charge is -2.11. The van der Waals surface area contributed by atoms with Crippen LogP contribution in [0.3, 0.4) is 0 Å². The molecular weight excluding hydrogens is 164 g/mol. The maximum absolute atomic E-state index is 5.52. The third-order valence-electron chi connectivity index (χ3n) is 2.29. The maximum Gasteiger partial charge on any atom is 0.0667 e. The average molecular weight is 188 g/mol. The van der Waals surface area contributed by atoms with Gasteiger partial charge in [-0.15, -0.1) is 0 Å². The van der Waals surface area contributed by atoms with Gasteiger partial charge in [-0.1, -0.05) is 6.92 Å². The molecular formula is C10H24N2O. The molecule has 0 fully saturated rings. The molecule has 0 heterocycles. The van der Waals surface area contributed by atoms with Crippen molar-refractivity contribution in [3.8, 4) is 0 Å². The highest BCUT2D eigenvalue weighted by atomic mass is 16.5. The van der Waals surface area contributed by atoms with Gasteiger partial charge in [0.25, 0.3) is 0 Å². The van der Waals surface area contributed by atoms with Gasteiger partial charge in [0.2, 0.25) is 0 Å². The van der Waals surface area contributed by atoms with E-state index < -0.39 is 0 Å². The topological polar surface area (TPSA) is 47.3 Å². The van der Waals surface area contributed by atoms with Gasteiger partial charge in [0, 0.05) is 13.7 Å². The van der Waals surface area contributed by atoms with E-state index in [-0.39, 0.29) is 0 Å². The first-order valence-electron chi connectivity index (χ1n) is 5.14. The minimum absolute atomic E-state index is 0.312. The van der Waals surface area contributed by atoms with E-state index in [1.54, 1.807) is 7.11 Å². The first-order valence-corrected chi connectivity index (χ1v) is 5.14. The second-order valence-electron chi connectivity index (χ2n) is 3.73. The van der Waals surface area contributed by atoms with Crippen molar-refractivity contribution in [2.75, 3.05) is 26.7 Å². The molecule has 0 rings (SSSR count). The molecule has 3 heteroatoms. The molecule has 0 bridgehead atoms. The molecule has 0 saturated carbocycles. The highest BCUT2D eigenvalue weighted by Crippen LogP contribution is 2.01. The van der Waals surface area contributed by atoms with Crippen molar-refractivity contribution in [1.29, 1.82) is 0 Å². The van der Waals surface area contributed by atoms with Crippen LogP contribution in [0.5, 0.6) is 0 Å². The Morgan fingerprint density at radius 1 is 1.38 bits per heavy atom. The lowest BCUT2D eigenvalue weighted by molar-refractivity contribution is 0.117. The highest BCUT2D eigenvalue weighted by Gasteiger charge is 1.99. The second kappa shape index (κ2) is 8.48. The van der Waals surface area contributed by atoms with Crippen molar-refractivity contribution >= 4 is 0 Å². The van der Waals surface area contributed by atoms with Crippen molar-refractivity contribution < 1.29 is 4.74 Å². The summed E-state index contributed by atoms with van der Waals surface area (Å²) in [6, 6.07) is 0. The number of hydrogen-bond donors (Lipinski definition) is 2. The lowest BCUT2D eigenvalue weighted by Crippen LogP contribution is -2.27. The number of ether oxygens (including phenoxy) is 1. The summed E-state index contributed by atoms with van der Waals surface area (Å²) in [5.41, 5.74) is 5.52. The summed E-state index contributed by atoms with van der Waals surface area (Å²) >= 11 is 0. The summed E-state index contributed by atoms with van der Waals surface area (Å²) in [5, 5.41) is 3.35. The Kier molecular flexibility index (Phi) is 8.40. The summed E-state index contributed by atoms with van der Waals surface area (Å²) in [5.74, 6) is 0.654. The van der Waals surface area contributed by atoms with Crippen LogP contribution in [0, 0.1) is 5.92 Å². The molecule has 3 nitrogen and oxygen atoms in total. The zero-order valence-corrected chi connectivity index (χ0v) is 9.18. The number of nitrogens with two attached hydrogens (primary N) is 1. The fourth-order valence-electron chi connectivity index (χ4n) is 1.08. The molecule has 0 saturated heterocycles. The Bertz CT molecular complexity index is 97.1. The molecule has 0 amide bonds. The van der Waals surface area contributed by atoms with Crippen LogP contribution in [0.1, 0.15) is 26.7 Å². The standard InChI is InChI=1S/C10H24N2O/c1-9(7-11)5-4-6-12-8-10(2)13-3/h9-10,12H,4-8,11H2,1-3H3. The summed E-state index contributed by atoms with van der Waals surface area (Å²) in [6.45, 7) is 7.06. The fourth-order valence-corrected chi connectivity index (χ4v) is 1.08. The molecule has 0 aromatic rings. The summed E-state index contributed by atoms with van der Waals surface area (Å²) in [6.07, 6.45) is 2.73. The number of nitrogens with one attached hydrogen (secondary N) is 1. The minimum atomic E-state index is 0.312. The predicted octanol–water partition coefficient (Wildman–Crippen LogP) is 0.986. The predicted molar refractivity (Wildman–Crippen MR) is 56.8 cm³/mol. The van der Waals surface area contributed by atoms with Gasteiger partial charge in [0.15, 0.2) is 0 Å². The average Bonchev–Trinajstić information content (AvgIpc) is 2.16. The van der Waals surface area contributed by atoms with E-state index in [0.29, 0.717) is 12.0 Å². The van der Waals surface area contributed by atoms with E-state index in [1.165, 1.54) is 12.8 Å². The molecule has 3 N–H and O–H groups in total. The van der Waals surface area contributed by atoms with Crippen LogP contribution in [0.2, 0.25) is 0 Å². The molecule has 80 valence electrons. The van der Waals surface area contributed by atoms with Crippen molar-refractivity contribution in [1.82, 2.24) is 5.32 Å². The van der Waals surface area contributed by atoms with Crippen LogP contribution < -0.4 is 11.1 Å². The normalized spacial score (nSPS) is 15.7. The second-order valence-corrected chi connectivity index (χ2v) is 3.73. The largest absolute Gasteiger partial charge is 0.380 e. The minimum Gasteiger partial charge on any atom is -0.380 e. The molecule has 0 aliphatic heterocycles. The summed E-state index contributed by atoms with van der Waals surface area (Å²) in [4.78, 5) is 0. The van der Waals surface area contributed by atoms with Gasteiger partial charge in [-0.05, 0) is 38.8 Å². The zero-order chi connectivity index (χ0) is 10.1. The SMILES string of the molecule is COC(C)CNCCCC(C)CN. The van der Waals surface area contributed by atoms with Crippen LogP contribution in [-0.2, 0) is 4.74 Å². The van der Waals surface area contributed by atoms with Gasteiger partial charge in [-0.3, -0.25) is 0 Å². The van der Waals surface area contributed by atoms with Crippen LogP contribution in [0.4, 0.5) is 0 Å². The van der Waals surface area contributed by atoms with Crippen LogP contribution in [0.15, 0.2) is 0 Å². The van der Waals surface area contributed by atoms with E-state index in [1.807, 2.05) is 0 Å². The Balaban J connectivity index is 3.08. The molecule has 0 aliphatic rings. The van der Waals surface area contributed by atoms with E-state index in [4.69, 9.17) is 10.5 Å². The third-order valence-corrected chi connectivity index (χ3v) is 2.29. The van der Waals surface area contributed by atoms with Crippen LogP contribution in [-0.4, -0.2) is 32.8 Å². The van der Waals surface area contributed by atoms with E-state index in [0.717, 1.165) is 19.6 Å². The smallest absolute Gasteiger partial charge is 0.0667 e. The van der Waals surface area contributed by atoms with Gasteiger partial charge in [-0.25, -0.2) is 0 Å². The summed E-state index contributed by atoms with van der Waals surface area (Å²) < 4.78 is 5.12. The Morgan fingerprint density at radius 3 is 2.62 bits per heavy atom. The molecule has 0 aliphatic carbocycles. The molecule has 2 unspecified atom stereocenters. The van der Waals surface area contributed by atoms with Crippen LogP contribution >= 0.6 is 0 Å². The number of rotatable bonds is 8. The fraction of sp³-hybridized carbons (Fsp3) is 1.00. The molecule has 0 radical (unpaired) electrons. The quantitative estimate of drug-likeness (QED) is 0.558. The highest BCUT2D eigenvalue weighted by molar-refractivity contribution is 4.57. The van der Waals surface area contributed by atoms with Crippen molar-refractivity contribution in [2.45, 2.75) is 32.8 Å². The van der Waals surface area contributed by atoms with E-state index in [9.17, 15) is 0 Å². The molecule has 0 spiro atoms. The first kappa shape index (κ1) is 12.9. The Morgan fingerprint density at radius 2 is 2.08 bits per heavy atom. The molecule has 13 heavy (non-hydrogen) atoms. The van der Waals surface area contributed by atoms with Crippen molar-refractivity contribution in [3.63, 3.8) is 0 Å². The van der Waals surface area contributed by atoms with Gasteiger partial charge < -0.3 is 15.8 Å². The molecule has 0 aromatic heterocycles. The van der Waals surface area contributed by atoms with Crippen molar-refractivity contribution in [2.24, 2.45) is 11.7 Å². The lowest BCUT2D eigenvalue weighted by atomic mass is 10.1. The van der Waals surface area contributed by atoms with Gasteiger partial charge in [0.1, 0.15) is 0 Å². The Labute approximate surface area is 82.0 Å². The van der Waals surface area contributed by atoms with E-state index >= 15 is 0 Å². The number of hydrogen-bond acceptors (Lipinski definition) is 3. The van der Waals surface area contributed by atoms with Gasteiger partial charge in [0.05, 0.1) is 6.10 Å². The third kappa shape index (κ3) is 8.22. The van der Waals surface area contributed by atoms with Crippen molar-refractivity contribution in [3.05, 3.63) is 0 Å². The first-order chi connectivity index (χ1) is 6.20. The maximum atomic E-state index is 5.52. The number of methoxy groups -OCH3 is 1. The van der Waals surface area contributed by atoms with Crippen LogP contribution in [0.25, 0.3) is 0 Å². The van der Waals surface area contributed by atoms with Gasteiger partial charge in [-0.2, -0.15) is 0 Å². The zero-order valence-electron chi connectivity index (χ0n) is 9.18. The summed E-state index contributed by atoms with van der Waals surface area (Å²) in [7, 11) is 1.74. The molecule has 0 aromatic carbocycles. The molecule has 2 atom stereocenters. The van der Waals surface area contributed by atoms with E-state index in [2.05, 4.69) is 19.2 Å². The Hall–Kier alpha value is -0.120. The monoisotopic (exact) mass is 188 g/mol. The van der Waals surface area contributed by atoms with Gasteiger partial charge >= 0.3 is 0 Å².